The molecule has 0 amide bonds. The number of rotatable bonds is 0. The molecule has 1 aliphatic carbocycles. The van der Waals surface area contributed by atoms with Gasteiger partial charge in [-0.05, 0) is 12.2 Å². The van der Waals surface area contributed by atoms with E-state index in [-0.39, 0.29) is 0 Å². The molecule has 2 rings (SSSR count). The van der Waals surface area contributed by atoms with Gasteiger partial charge in [0, 0.05) is 0 Å². The molecule has 1 aliphatic heterocycles. The van der Waals surface area contributed by atoms with Crippen molar-refractivity contribution in [3.05, 3.63) is 36.1 Å². The van der Waals surface area contributed by atoms with Gasteiger partial charge < -0.3 is 4.74 Å². The second-order valence-corrected chi connectivity index (χ2v) is 2.09. The third kappa shape index (κ3) is 0.778. The second-order valence-electron chi connectivity index (χ2n) is 2.09. The molecule has 2 aliphatic rings. The zero-order valence-electron chi connectivity index (χ0n) is 5.45. The highest BCUT2D eigenvalue weighted by Crippen LogP contribution is 2.12. The van der Waals surface area contributed by atoms with Gasteiger partial charge in [-0.2, -0.15) is 0 Å². The summed E-state index contributed by atoms with van der Waals surface area (Å²) in [4.78, 5) is 4.12. The fourth-order valence-electron chi connectivity index (χ4n) is 0.945. The molecule has 0 spiro atoms. The van der Waals surface area contributed by atoms with E-state index in [9.17, 15) is 0 Å². The number of hydrogen-bond donors (Lipinski definition) is 0. The van der Waals surface area contributed by atoms with Gasteiger partial charge in [-0.15, -0.1) is 0 Å². The van der Waals surface area contributed by atoms with Crippen LogP contribution in [0.1, 0.15) is 0 Å². The molecule has 10 heavy (non-hydrogen) atoms. The fraction of sp³-hybridized carbons (Fsp3) is 0.125. The minimum Gasteiger partial charge on any atom is -0.469 e. The summed E-state index contributed by atoms with van der Waals surface area (Å²) in [5.74, 6) is 0.880. The maximum atomic E-state index is 5.19. The first-order valence-electron chi connectivity index (χ1n) is 3.19. The van der Waals surface area contributed by atoms with Gasteiger partial charge in [-0.3, -0.25) is 0 Å². The van der Waals surface area contributed by atoms with Crippen molar-refractivity contribution in [3.8, 4) is 0 Å². The van der Waals surface area contributed by atoms with Gasteiger partial charge in [0.25, 0.3) is 0 Å². The topological polar surface area (TPSA) is 21.6 Å². The Labute approximate surface area is 59.2 Å². The van der Waals surface area contributed by atoms with Gasteiger partial charge in [-0.1, -0.05) is 18.2 Å². The summed E-state index contributed by atoms with van der Waals surface area (Å²) in [6.07, 6.45) is 9.72. The van der Waals surface area contributed by atoms with E-state index in [1.165, 1.54) is 0 Å². The van der Waals surface area contributed by atoms with Crippen LogP contribution in [-0.4, -0.2) is 12.4 Å². The number of aliphatic imine (C=N–C) groups is 1. The van der Waals surface area contributed by atoms with E-state index < -0.39 is 0 Å². The molecule has 0 saturated carbocycles. The van der Waals surface area contributed by atoms with Crippen LogP contribution in [0.3, 0.4) is 0 Å². The number of allylic oxidation sites excluding steroid dienone is 5. The Morgan fingerprint density at radius 3 is 3.30 bits per heavy atom. The smallest absolute Gasteiger partial charge is 0.180 e. The van der Waals surface area contributed by atoms with Gasteiger partial charge in [-0.25, -0.2) is 4.99 Å². The normalized spacial score (nSPS) is 20.8. The lowest BCUT2D eigenvalue weighted by atomic mass is 10.3. The predicted molar refractivity (Wildman–Crippen MR) is 39.8 cm³/mol. The molecule has 2 heteroatoms. The zero-order chi connectivity index (χ0) is 6.81. The van der Waals surface area contributed by atoms with Crippen LogP contribution in [0.4, 0.5) is 0 Å². The summed E-state index contributed by atoms with van der Waals surface area (Å²) in [5.41, 5.74) is 0.949. The van der Waals surface area contributed by atoms with E-state index in [2.05, 4.69) is 4.99 Å². The van der Waals surface area contributed by atoms with E-state index in [0.29, 0.717) is 6.73 Å². The van der Waals surface area contributed by atoms with Crippen LogP contribution in [0, 0.1) is 0 Å². The molecule has 0 bridgehead atoms. The summed E-state index contributed by atoms with van der Waals surface area (Å²) < 4.78 is 5.19. The van der Waals surface area contributed by atoms with E-state index in [0.717, 1.165) is 11.5 Å². The Balaban J connectivity index is 2.42. The molecule has 0 saturated heterocycles. The molecule has 2 nitrogen and oxygen atoms in total. The van der Waals surface area contributed by atoms with Gasteiger partial charge in [0.1, 0.15) is 11.5 Å². The summed E-state index contributed by atoms with van der Waals surface area (Å²) in [5, 5.41) is 0. The first-order chi connectivity index (χ1) is 4.97. The third-order valence-electron chi connectivity index (χ3n) is 1.43. The van der Waals surface area contributed by atoms with Crippen LogP contribution in [0.25, 0.3) is 0 Å². The standard InChI is InChI=1S/C8H7NO/c1-2-4-7-8(5-3-1)10-6-9-7/h1-5H,6H2. The first kappa shape index (κ1) is 5.47. The van der Waals surface area contributed by atoms with Crippen molar-refractivity contribution in [1.82, 2.24) is 0 Å². The first-order valence-corrected chi connectivity index (χ1v) is 3.19. The van der Waals surface area contributed by atoms with Gasteiger partial charge >= 0.3 is 0 Å². The molecular formula is C8H7NO. The highest BCUT2D eigenvalue weighted by molar-refractivity contribution is 6.08. The molecule has 0 radical (unpaired) electrons. The largest absolute Gasteiger partial charge is 0.469 e. The Kier molecular flexibility index (Phi) is 1.17. The monoisotopic (exact) mass is 133 g/mol. The van der Waals surface area contributed by atoms with Crippen LogP contribution in [0.5, 0.6) is 0 Å². The van der Waals surface area contributed by atoms with E-state index in [1.807, 2.05) is 30.4 Å². The van der Waals surface area contributed by atoms with Crippen molar-refractivity contribution in [2.45, 2.75) is 0 Å². The average molecular weight is 133 g/mol. The van der Waals surface area contributed by atoms with Crippen molar-refractivity contribution in [2.24, 2.45) is 4.99 Å². The predicted octanol–water partition coefficient (Wildman–Crippen LogP) is 1.43. The number of fused-ring (bicyclic) bond motifs is 1. The Morgan fingerprint density at radius 1 is 1.30 bits per heavy atom. The summed E-state index contributed by atoms with van der Waals surface area (Å²) in [6.45, 7) is 0.472. The highest BCUT2D eigenvalue weighted by atomic mass is 16.5. The van der Waals surface area contributed by atoms with Gasteiger partial charge in [0.15, 0.2) is 6.73 Å². The van der Waals surface area contributed by atoms with Crippen LogP contribution >= 0.6 is 0 Å². The van der Waals surface area contributed by atoms with Crippen LogP contribution in [-0.2, 0) is 4.74 Å². The average Bonchev–Trinajstić information content (AvgIpc) is 2.28. The zero-order valence-corrected chi connectivity index (χ0v) is 5.45. The van der Waals surface area contributed by atoms with Crippen molar-refractivity contribution < 1.29 is 4.74 Å². The molecule has 1 heterocycles. The van der Waals surface area contributed by atoms with Crippen LogP contribution in [0.2, 0.25) is 0 Å². The molecule has 50 valence electrons. The highest BCUT2D eigenvalue weighted by Gasteiger charge is 2.10. The Bertz CT molecular complexity index is 258. The lowest BCUT2D eigenvalue weighted by Crippen LogP contribution is -1.91. The lowest BCUT2D eigenvalue weighted by molar-refractivity contribution is 0.262. The lowest BCUT2D eigenvalue weighted by Gasteiger charge is -1.93. The van der Waals surface area contributed by atoms with Crippen molar-refractivity contribution >= 4 is 5.71 Å². The molecule has 0 fully saturated rings. The SMILES string of the molecule is C1=CC=C2OCN=C2C=C1. The fourth-order valence-corrected chi connectivity index (χ4v) is 0.945. The molecule has 0 aromatic rings. The van der Waals surface area contributed by atoms with Crippen molar-refractivity contribution in [3.63, 3.8) is 0 Å². The molecule has 0 atom stereocenters. The molecular weight excluding hydrogens is 126 g/mol. The number of nitrogens with zero attached hydrogens (tertiary/aromatic N) is 1. The number of hydrogen-bond acceptors (Lipinski definition) is 2. The van der Waals surface area contributed by atoms with Gasteiger partial charge in [0.2, 0.25) is 0 Å². The minimum atomic E-state index is 0.472. The van der Waals surface area contributed by atoms with E-state index in [1.54, 1.807) is 0 Å². The Morgan fingerprint density at radius 2 is 2.30 bits per heavy atom. The molecule has 0 N–H and O–H groups in total. The summed E-state index contributed by atoms with van der Waals surface area (Å²) in [6, 6.07) is 0. The second kappa shape index (κ2) is 2.14. The quantitative estimate of drug-likeness (QED) is 0.489. The molecule has 0 unspecified atom stereocenters. The maximum Gasteiger partial charge on any atom is 0.180 e. The number of ether oxygens (including phenoxy) is 1. The maximum absolute atomic E-state index is 5.19. The van der Waals surface area contributed by atoms with Crippen LogP contribution in [0.15, 0.2) is 41.1 Å². The van der Waals surface area contributed by atoms with E-state index in [4.69, 9.17) is 4.74 Å². The minimum absolute atomic E-state index is 0.472. The third-order valence-corrected chi connectivity index (χ3v) is 1.43. The van der Waals surface area contributed by atoms with Gasteiger partial charge in [0.05, 0.1) is 0 Å². The van der Waals surface area contributed by atoms with E-state index >= 15 is 0 Å². The summed E-state index contributed by atoms with van der Waals surface area (Å²) >= 11 is 0. The van der Waals surface area contributed by atoms with Crippen molar-refractivity contribution in [1.29, 1.82) is 0 Å². The van der Waals surface area contributed by atoms with Crippen molar-refractivity contribution in [2.75, 3.05) is 6.73 Å². The summed E-state index contributed by atoms with van der Waals surface area (Å²) in [7, 11) is 0. The Hall–Kier alpha value is -1.31. The van der Waals surface area contributed by atoms with Crippen LogP contribution < -0.4 is 0 Å². The molecule has 0 aromatic carbocycles. The molecule has 0 aromatic heterocycles.